The molecule has 2 aromatic carbocycles. The number of carbonyl (C=O) groups is 1. The highest BCUT2D eigenvalue weighted by Crippen LogP contribution is 2.42. The molecule has 3 N–H and O–H groups in total. The zero-order chi connectivity index (χ0) is 26.8. The van der Waals surface area contributed by atoms with Crippen molar-refractivity contribution in [1.82, 2.24) is 16.2 Å². The van der Waals surface area contributed by atoms with Crippen molar-refractivity contribution in [2.24, 2.45) is 4.99 Å². The molecule has 0 radical (unpaired) electrons. The molecule has 1 unspecified atom stereocenters. The number of nitrogens with one attached hydrogen (secondary N) is 3. The van der Waals surface area contributed by atoms with E-state index in [1.165, 1.54) is 0 Å². The Kier molecular flexibility index (Phi) is 8.31. The van der Waals surface area contributed by atoms with Crippen molar-refractivity contribution >= 4 is 52.5 Å². The fourth-order valence-electron chi connectivity index (χ4n) is 3.17. The third-order valence-corrected chi connectivity index (χ3v) is 6.04. The third kappa shape index (κ3) is 6.54. The number of benzene rings is 2. The zero-order valence-corrected chi connectivity index (χ0v) is 19.9. The third-order valence-electron chi connectivity index (χ3n) is 4.84. The molecule has 0 bridgehead atoms. The maximum atomic E-state index is 14.9. The number of hydrogen-bond acceptors (Lipinski definition) is 4. The number of rotatable bonds is 4. The predicted octanol–water partition coefficient (Wildman–Crippen LogP) is 6.52. The number of hydrazine groups is 1. The Morgan fingerprint density at radius 1 is 1.06 bits per heavy atom. The number of hydrogen-bond donors (Lipinski definition) is 3. The van der Waals surface area contributed by atoms with Crippen LogP contribution in [0.25, 0.3) is 5.83 Å². The molecule has 0 fully saturated rings. The fraction of sp³-hybridized carbons (Fsp3) is 0.238. The summed E-state index contributed by atoms with van der Waals surface area (Å²) in [6, 6.07) is 3.27. The van der Waals surface area contributed by atoms with E-state index in [0.29, 0.717) is 19.2 Å². The van der Waals surface area contributed by atoms with Gasteiger partial charge >= 0.3 is 12.4 Å². The monoisotopic (exact) mass is 576 g/mol. The first-order chi connectivity index (χ1) is 16.7. The molecule has 0 saturated carbocycles. The molecular formula is C21H14Cl3F7N4O. The van der Waals surface area contributed by atoms with Gasteiger partial charge in [-0.1, -0.05) is 40.9 Å². The molecule has 1 heterocycles. The average molecular weight is 578 g/mol. The summed E-state index contributed by atoms with van der Waals surface area (Å²) in [6.07, 6.45) is -10.1. The smallest absolute Gasteiger partial charge is 0.353 e. The lowest BCUT2D eigenvalue weighted by atomic mass is 9.95. The topological polar surface area (TPSA) is 65.5 Å². The van der Waals surface area contributed by atoms with Crippen LogP contribution in [0.2, 0.25) is 15.1 Å². The van der Waals surface area contributed by atoms with Crippen molar-refractivity contribution in [2.45, 2.75) is 18.3 Å². The van der Waals surface area contributed by atoms with E-state index in [2.05, 4.69) is 15.7 Å². The van der Waals surface area contributed by atoms with Crippen LogP contribution in [0.5, 0.6) is 0 Å². The van der Waals surface area contributed by atoms with Gasteiger partial charge in [-0.2, -0.15) is 26.3 Å². The van der Waals surface area contributed by atoms with Crippen molar-refractivity contribution in [3.63, 3.8) is 0 Å². The van der Waals surface area contributed by atoms with Gasteiger partial charge in [0.25, 0.3) is 5.91 Å². The Balaban J connectivity index is 1.98. The van der Waals surface area contributed by atoms with Gasteiger partial charge in [0.05, 0.1) is 32.7 Å². The second-order valence-electron chi connectivity index (χ2n) is 7.33. The van der Waals surface area contributed by atoms with Crippen LogP contribution in [0.1, 0.15) is 33.0 Å². The number of aliphatic imine (C=N–C) groups is 1. The van der Waals surface area contributed by atoms with E-state index in [0.717, 1.165) is 18.2 Å². The van der Waals surface area contributed by atoms with Gasteiger partial charge < -0.3 is 5.32 Å². The van der Waals surface area contributed by atoms with Crippen LogP contribution in [0.3, 0.4) is 0 Å². The summed E-state index contributed by atoms with van der Waals surface area (Å²) in [5, 5.41) is 1.84. The molecule has 1 amide bonds. The Bertz CT molecular complexity index is 1210. The number of guanidine groups is 1. The molecule has 0 spiro atoms. The first-order valence-electron chi connectivity index (χ1n) is 9.83. The van der Waals surface area contributed by atoms with Gasteiger partial charge in [0.1, 0.15) is 11.7 Å². The van der Waals surface area contributed by atoms with E-state index >= 15 is 0 Å². The summed E-state index contributed by atoms with van der Waals surface area (Å²) < 4.78 is 96.9. The molecule has 15 heteroatoms. The second kappa shape index (κ2) is 10.7. The van der Waals surface area contributed by atoms with Gasteiger partial charge in [-0.15, -0.1) is 0 Å². The second-order valence-corrected chi connectivity index (χ2v) is 8.52. The van der Waals surface area contributed by atoms with Gasteiger partial charge in [0, 0.05) is 12.1 Å². The number of nitrogens with zero attached hydrogens (tertiary/aromatic N) is 1. The predicted molar refractivity (Wildman–Crippen MR) is 122 cm³/mol. The molecule has 1 atom stereocenters. The molecule has 1 aliphatic heterocycles. The van der Waals surface area contributed by atoms with Crippen LogP contribution >= 0.6 is 34.8 Å². The van der Waals surface area contributed by atoms with Crippen LogP contribution in [0.15, 0.2) is 41.4 Å². The van der Waals surface area contributed by atoms with E-state index < -0.39 is 52.3 Å². The van der Waals surface area contributed by atoms with Crippen molar-refractivity contribution in [1.29, 1.82) is 0 Å². The van der Waals surface area contributed by atoms with Crippen molar-refractivity contribution in [3.05, 3.63) is 73.7 Å². The minimum atomic E-state index is -5.13. The summed E-state index contributed by atoms with van der Waals surface area (Å²) in [6.45, 7) is 0.847. The lowest BCUT2D eigenvalue weighted by molar-refractivity contribution is -0.140. The molecule has 1 aliphatic rings. The molecule has 5 nitrogen and oxygen atoms in total. The van der Waals surface area contributed by atoms with Gasteiger partial charge in [0.2, 0.25) is 5.96 Å². The van der Waals surface area contributed by atoms with Gasteiger partial charge in [-0.25, -0.2) is 4.39 Å². The summed E-state index contributed by atoms with van der Waals surface area (Å²) in [7, 11) is 0. The van der Waals surface area contributed by atoms with Crippen molar-refractivity contribution < 1.29 is 35.5 Å². The molecule has 0 aromatic heterocycles. The number of amides is 1. The van der Waals surface area contributed by atoms with Crippen molar-refractivity contribution in [3.8, 4) is 0 Å². The quantitative estimate of drug-likeness (QED) is 0.220. The van der Waals surface area contributed by atoms with Crippen LogP contribution < -0.4 is 16.2 Å². The Morgan fingerprint density at radius 2 is 1.69 bits per heavy atom. The Labute approximate surface area is 214 Å². The maximum absolute atomic E-state index is 14.9. The maximum Gasteiger partial charge on any atom is 0.417 e. The van der Waals surface area contributed by atoms with E-state index in [9.17, 15) is 35.5 Å². The summed E-state index contributed by atoms with van der Waals surface area (Å²) >= 11 is 17.3. The molecule has 0 saturated heterocycles. The molecule has 3 rings (SSSR count). The van der Waals surface area contributed by atoms with Crippen LogP contribution in [-0.4, -0.2) is 31.1 Å². The lowest BCUT2D eigenvalue weighted by Gasteiger charge is -2.19. The molecule has 36 heavy (non-hydrogen) atoms. The highest BCUT2D eigenvalue weighted by atomic mass is 35.5. The van der Waals surface area contributed by atoms with Crippen molar-refractivity contribution in [2.75, 3.05) is 13.1 Å². The Morgan fingerprint density at radius 3 is 2.22 bits per heavy atom. The minimum Gasteiger partial charge on any atom is -0.353 e. The van der Waals surface area contributed by atoms with Crippen LogP contribution in [0.4, 0.5) is 30.7 Å². The van der Waals surface area contributed by atoms with Gasteiger partial charge in [-0.05, 0) is 35.9 Å². The van der Waals surface area contributed by atoms with Crippen LogP contribution in [-0.2, 0) is 6.18 Å². The highest BCUT2D eigenvalue weighted by Gasteiger charge is 2.41. The molecule has 194 valence electrons. The number of halogens is 10. The summed E-state index contributed by atoms with van der Waals surface area (Å²) in [4.78, 5) is 16.2. The standard InChI is InChI=1S/C21H14Cl3F7N4O/c22-14-6-10(7-15(23)17(14)24)12(20(26,27)28)8-16(25)9-1-2-11(13(5-9)21(29,30)31)18(36)34-35-19-32-3-4-33-19/h1-2,5-8,12H,3-4H2,(H,34,36)(H2,32,33,35)/b16-8-. The number of alkyl halides is 6. The first-order valence-corrected chi connectivity index (χ1v) is 11.0. The normalized spacial score (nSPS) is 15.3. The van der Waals surface area contributed by atoms with Crippen LogP contribution in [0, 0.1) is 0 Å². The minimum absolute atomic E-state index is 0.0800. The highest BCUT2D eigenvalue weighted by molar-refractivity contribution is 6.48. The molecule has 2 aromatic rings. The Hall–Kier alpha value is -2.70. The van der Waals surface area contributed by atoms with Gasteiger partial charge in [0.15, 0.2) is 0 Å². The fourth-order valence-corrected chi connectivity index (χ4v) is 3.78. The average Bonchev–Trinajstić information content (AvgIpc) is 3.31. The summed E-state index contributed by atoms with van der Waals surface area (Å²) in [5.74, 6) is -5.35. The largest absolute Gasteiger partial charge is 0.417 e. The van der Waals surface area contributed by atoms with E-state index in [1.54, 1.807) is 0 Å². The lowest BCUT2D eigenvalue weighted by Crippen LogP contribution is -2.46. The molecule has 0 aliphatic carbocycles. The number of allylic oxidation sites excluding steroid dienone is 1. The van der Waals surface area contributed by atoms with E-state index in [4.69, 9.17) is 34.8 Å². The summed E-state index contributed by atoms with van der Waals surface area (Å²) in [5.41, 5.74) is 0.433. The first kappa shape index (κ1) is 27.9. The number of carbonyl (C=O) groups excluding carboxylic acids is 1. The zero-order valence-electron chi connectivity index (χ0n) is 17.6. The van der Waals surface area contributed by atoms with Gasteiger partial charge in [-0.3, -0.25) is 20.6 Å². The van der Waals surface area contributed by atoms with E-state index in [1.807, 2.05) is 5.43 Å². The van der Waals surface area contributed by atoms with E-state index in [-0.39, 0.29) is 33.2 Å². The molecular weight excluding hydrogens is 564 g/mol. The SMILES string of the molecule is O=C(NNC1=NCCN1)c1ccc(/C(F)=C/C(c2cc(Cl)c(Cl)c(Cl)c2)C(F)(F)F)cc1C(F)(F)F.